The third-order valence-electron chi connectivity index (χ3n) is 5.28. The van der Waals surface area contributed by atoms with Crippen LogP contribution in [0.15, 0.2) is 77.7 Å². The van der Waals surface area contributed by atoms with Crippen molar-refractivity contribution >= 4 is 38.6 Å². The molecule has 0 unspecified atom stereocenters. The zero-order chi connectivity index (χ0) is 24.8. The molecule has 0 fully saturated rings. The first-order valence-corrected chi connectivity index (χ1v) is 12.6. The average molecular weight is 497 g/mol. The number of para-hydroxylation sites is 2. The number of nitrogens with zero attached hydrogens (tertiary/aromatic N) is 2. The van der Waals surface area contributed by atoms with E-state index in [4.69, 9.17) is 4.74 Å². The van der Waals surface area contributed by atoms with Gasteiger partial charge < -0.3 is 9.30 Å². The number of amides is 1. The summed E-state index contributed by atoms with van der Waals surface area (Å²) in [5.41, 5.74) is 2.16. The number of hydrogen-bond donors (Lipinski definition) is 2. The number of halogens is 1. The molecule has 1 amide bonds. The maximum Gasteiger partial charge on any atom is 0.261 e. The van der Waals surface area contributed by atoms with Crippen molar-refractivity contribution in [1.29, 1.82) is 0 Å². The number of carbonyl (C=O) groups is 1. The maximum absolute atomic E-state index is 13.1. The third kappa shape index (κ3) is 5.84. The lowest BCUT2D eigenvalue weighted by molar-refractivity contribution is 0.102. The second-order valence-corrected chi connectivity index (χ2v) is 9.40. The Bertz CT molecular complexity index is 1420. The zero-order valence-electron chi connectivity index (χ0n) is 19.1. The molecule has 0 saturated heterocycles. The minimum atomic E-state index is -3.90. The van der Waals surface area contributed by atoms with Gasteiger partial charge in [-0.2, -0.15) is 0 Å². The number of aryl methyl sites for hydroxylation is 1. The first-order chi connectivity index (χ1) is 16.9. The van der Waals surface area contributed by atoms with E-state index in [0.717, 1.165) is 29.6 Å². The van der Waals surface area contributed by atoms with Crippen LogP contribution in [0.5, 0.6) is 0 Å². The molecule has 0 spiro atoms. The van der Waals surface area contributed by atoms with Gasteiger partial charge in [0.1, 0.15) is 5.82 Å². The number of nitrogens with one attached hydrogen (secondary N) is 2. The summed E-state index contributed by atoms with van der Waals surface area (Å²) in [6.45, 7) is 3.79. The van der Waals surface area contributed by atoms with Gasteiger partial charge in [0.15, 0.2) is 0 Å². The van der Waals surface area contributed by atoms with Crippen LogP contribution in [0.2, 0.25) is 0 Å². The van der Waals surface area contributed by atoms with Crippen LogP contribution in [0.1, 0.15) is 23.7 Å². The van der Waals surface area contributed by atoms with Gasteiger partial charge in [0.05, 0.1) is 15.9 Å². The van der Waals surface area contributed by atoms with E-state index >= 15 is 0 Å². The molecule has 2 N–H and O–H groups in total. The van der Waals surface area contributed by atoms with E-state index in [1.165, 1.54) is 36.4 Å². The second-order valence-electron chi connectivity index (χ2n) is 7.72. The lowest BCUT2D eigenvalue weighted by Gasteiger charge is -2.11. The van der Waals surface area contributed by atoms with Crippen LogP contribution in [0, 0.1) is 5.82 Å². The van der Waals surface area contributed by atoms with Crippen LogP contribution in [-0.2, 0) is 21.3 Å². The molecule has 0 aliphatic heterocycles. The number of benzene rings is 3. The number of carbonyl (C=O) groups excluding carboxylic acids is 1. The van der Waals surface area contributed by atoms with Gasteiger partial charge in [-0.25, -0.2) is 17.8 Å². The molecule has 8 nitrogen and oxygen atoms in total. The number of imidazole rings is 1. The maximum atomic E-state index is 13.1. The SMILES string of the molecule is CCOCCCn1c(NC(=O)c2ccc(S(=O)(=O)Nc3ccc(F)cc3)cc2)nc2ccccc21. The van der Waals surface area contributed by atoms with Gasteiger partial charge in [-0.1, -0.05) is 12.1 Å². The Balaban J connectivity index is 1.50. The molecular formula is C25H25FN4O4S. The van der Waals surface area contributed by atoms with Crippen molar-refractivity contribution in [3.05, 3.63) is 84.2 Å². The van der Waals surface area contributed by atoms with Gasteiger partial charge in [-0.3, -0.25) is 14.8 Å². The van der Waals surface area contributed by atoms with E-state index in [1.807, 2.05) is 35.8 Å². The normalized spacial score (nSPS) is 11.5. The summed E-state index contributed by atoms with van der Waals surface area (Å²) in [4.78, 5) is 17.4. The fourth-order valence-corrected chi connectivity index (χ4v) is 4.62. The topological polar surface area (TPSA) is 102 Å². The summed E-state index contributed by atoms with van der Waals surface area (Å²) >= 11 is 0. The first kappa shape index (κ1) is 24.4. The van der Waals surface area contributed by atoms with Crippen LogP contribution in [0.4, 0.5) is 16.0 Å². The summed E-state index contributed by atoms with van der Waals surface area (Å²) in [6.07, 6.45) is 0.755. The number of ether oxygens (including phenoxy) is 1. The Labute approximate surface area is 202 Å². The highest BCUT2D eigenvalue weighted by Gasteiger charge is 2.17. The molecule has 182 valence electrons. The Morgan fingerprint density at radius 3 is 2.46 bits per heavy atom. The molecule has 35 heavy (non-hydrogen) atoms. The first-order valence-electron chi connectivity index (χ1n) is 11.1. The number of sulfonamides is 1. The van der Waals surface area contributed by atoms with Gasteiger partial charge in [-0.05, 0) is 74.0 Å². The van der Waals surface area contributed by atoms with Crippen molar-refractivity contribution in [2.75, 3.05) is 23.3 Å². The predicted octanol–water partition coefficient (Wildman–Crippen LogP) is 4.66. The lowest BCUT2D eigenvalue weighted by Crippen LogP contribution is -2.17. The summed E-state index contributed by atoms with van der Waals surface area (Å²) in [7, 11) is -3.90. The molecule has 0 radical (unpaired) electrons. The number of aromatic nitrogens is 2. The fraction of sp³-hybridized carbons (Fsp3) is 0.200. The van der Waals surface area contributed by atoms with Crippen molar-refractivity contribution in [3.8, 4) is 0 Å². The Morgan fingerprint density at radius 1 is 1.03 bits per heavy atom. The number of rotatable bonds is 10. The van der Waals surface area contributed by atoms with Crippen LogP contribution in [0.25, 0.3) is 11.0 Å². The molecule has 0 saturated carbocycles. The van der Waals surface area contributed by atoms with Gasteiger partial charge in [0.25, 0.3) is 15.9 Å². The minimum absolute atomic E-state index is 0.0264. The van der Waals surface area contributed by atoms with E-state index < -0.39 is 21.7 Å². The Morgan fingerprint density at radius 2 is 1.74 bits per heavy atom. The van der Waals surface area contributed by atoms with Crippen LogP contribution < -0.4 is 10.0 Å². The summed E-state index contributed by atoms with van der Waals surface area (Å²) < 4.78 is 48.0. The smallest absolute Gasteiger partial charge is 0.261 e. The summed E-state index contributed by atoms with van der Waals surface area (Å²) in [6, 6.07) is 18.1. The standard InChI is InChI=1S/C25H25FN4O4S/c1-2-34-17-5-16-30-23-7-4-3-6-22(23)27-25(30)28-24(31)18-8-14-21(15-9-18)35(32,33)29-20-12-10-19(26)11-13-20/h3-4,6-15,29H,2,5,16-17H2,1H3,(H,27,28,31). The van der Waals surface area contributed by atoms with Gasteiger partial charge in [0, 0.05) is 31.0 Å². The van der Waals surface area contributed by atoms with E-state index in [2.05, 4.69) is 15.0 Å². The molecule has 1 aromatic heterocycles. The van der Waals surface area contributed by atoms with Crippen LogP contribution in [-0.4, -0.2) is 37.1 Å². The quantitative estimate of drug-likeness (QED) is 0.311. The highest BCUT2D eigenvalue weighted by Crippen LogP contribution is 2.22. The van der Waals surface area contributed by atoms with E-state index in [9.17, 15) is 17.6 Å². The highest BCUT2D eigenvalue weighted by molar-refractivity contribution is 7.92. The molecule has 4 aromatic rings. The van der Waals surface area contributed by atoms with Crippen molar-refractivity contribution in [1.82, 2.24) is 9.55 Å². The van der Waals surface area contributed by atoms with E-state index in [-0.39, 0.29) is 16.1 Å². The summed E-state index contributed by atoms with van der Waals surface area (Å²) in [5, 5.41) is 2.83. The Kier molecular flexibility index (Phi) is 7.42. The molecule has 4 rings (SSSR count). The molecule has 0 aliphatic rings. The highest BCUT2D eigenvalue weighted by atomic mass is 32.2. The summed E-state index contributed by atoms with van der Waals surface area (Å²) in [5.74, 6) is -0.477. The molecule has 0 aliphatic carbocycles. The zero-order valence-corrected chi connectivity index (χ0v) is 19.9. The number of anilines is 2. The van der Waals surface area contributed by atoms with Gasteiger partial charge in [-0.15, -0.1) is 0 Å². The number of hydrogen-bond acceptors (Lipinski definition) is 5. The van der Waals surface area contributed by atoms with Gasteiger partial charge >= 0.3 is 0 Å². The number of fused-ring (bicyclic) bond motifs is 1. The van der Waals surface area contributed by atoms with Crippen molar-refractivity contribution in [2.24, 2.45) is 0 Å². The monoisotopic (exact) mass is 496 g/mol. The molecule has 3 aromatic carbocycles. The predicted molar refractivity (Wildman–Crippen MR) is 132 cm³/mol. The van der Waals surface area contributed by atoms with Crippen LogP contribution >= 0.6 is 0 Å². The van der Waals surface area contributed by atoms with Crippen molar-refractivity contribution < 1.29 is 22.3 Å². The molecule has 0 atom stereocenters. The fourth-order valence-electron chi connectivity index (χ4n) is 3.56. The van der Waals surface area contributed by atoms with E-state index in [0.29, 0.717) is 25.7 Å². The minimum Gasteiger partial charge on any atom is -0.382 e. The largest absolute Gasteiger partial charge is 0.382 e. The molecule has 10 heteroatoms. The van der Waals surface area contributed by atoms with Gasteiger partial charge in [0.2, 0.25) is 5.95 Å². The third-order valence-corrected chi connectivity index (χ3v) is 6.67. The molecule has 1 heterocycles. The van der Waals surface area contributed by atoms with Crippen molar-refractivity contribution in [2.45, 2.75) is 24.8 Å². The van der Waals surface area contributed by atoms with Crippen LogP contribution in [0.3, 0.4) is 0 Å². The lowest BCUT2D eigenvalue weighted by atomic mass is 10.2. The Hall–Kier alpha value is -3.76. The second kappa shape index (κ2) is 10.7. The average Bonchev–Trinajstić information content (AvgIpc) is 3.20. The van der Waals surface area contributed by atoms with Crippen molar-refractivity contribution in [3.63, 3.8) is 0 Å². The van der Waals surface area contributed by atoms with E-state index in [1.54, 1.807) is 0 Å². The molecule has 0 bridgehead atoms. The molecular weight excluding hydrogens is 471 g/mol.